The van der Waals surface area contributed by atoms with Gasteiger partial charge in [-0.1, -0.05) is 23.2 Å². The second-order valence-corrected chi connectivity index (χ2v) is 6.48. The number of benzene rings is 1. The molecule has 1 fully saturated rings. The highest BCUT2D eigenvalue weighted by atomic mass is 35.5. The molecule has 1 saturated heterocycles. The van der Waals surface area contributed by atoms with E-state index in [2.05, 4.69) is 10.6 Å². The van der Waals surface area contributed by atoms with Gasteiger partial charge >= 0.3 is 6.03 Å². The summed E-state index contributed by atoms with van der Waals surface area (Å²) in [5, 5.41) is 6.42. The van der Waals surface area contributed by atoms with E-state index in [1.807, 2.05) is 4.90 Å². The quantitative estimate of drug-likeness (QED) is 0.729. The van der Waals surface area contributed by atoms with E-state index in [0.717, 1.165) is 0 Å². The van der Waals surface area contributed by atoms with Gasteiger partial charge in [-0.2, -0.15) is 0 Å². The number of methoxy groups -OCH3 is 1. The van der Waals surface area contributed by atoms with Crippen LogP contribution in [0.1, 0.15) is 0 Å². The molecule has 2 N–H and O–H groups in total. The van der Waals surface area contributed by atoms with Gasteiger partial charge < -0.3 is 20.3 Å². The van der Waals surface area contributed by atoms with Gasteiger partial charge in [-0.25, -0.2) is 4.79 Å². The molecule has 0 bridgehead atoms. The maximum absolute atomic E-state index is 12.3. The van der Waals surface area contributed by atoms with Crippen LogP contribution in [-0.4, -0.2) is 74.7 Å². The van der Waals surface area contributed by atoms with E-state index in [0.29, 0.717) is 61.6 Å². The molecule has 2 rings (SSSR count). The predicted molar refractivity (Wildman–Crippen MR) is 98.4 cm³/mol. The van der Waals surface area contributed by atoms with E-state index < -0.39 is 0 Å². The molecule has 0 aromatic heterocycles. The van der Waals surface area contributed by atoms with Crippen molar-refractivity contribution < 1.29 is 14.3 Å². The summed E-state index contributed by atoms with van der Waals surface area (Å²) in [4.78, 5) is 27.8. The van der Waals surface area contributed by atoms with E-state index >= 15 is 0 Å². The number of rotatable bonds is 6. The van der Waals surface area contributed by atoms with Crippen LogP contribution < -0.4 is 10.6 Å². The van der Waals surface area contributed by atoms with Crippen LogP contribution in [0, 0.1) is 0 Å². The molecule has 9 heteroatoms. The Morgan fingerprint density at radius 2 is 1.88 bits per heavy atom. The first-order valence-electron chi connectivity index (χ1n) is 7.98. The zero-order valence-electron chi connectivity index (χ0n) is 14.1. The van der Waals surface area contributed by atoms with Gasteiger partial charge in [-0.15, -0.1) is 0 Å². The fraction of sp³-hybridized carbons (Fsp3) is 0.500. The summed E-state index contributed by atoms with van der Waals surface area (Å²) in [6.07, 6.45) is 0. The fourth-order valence-corrected chi connectivity index (χ4v) is 2.74. The smallest absolute Gasteiger partial charge is 0.321 e. The lowest BCUT2D eigenvalue weighted by molar-refractivity contribution is -0.122. The molecule has 1 aliphatic heterocycles. The molecule has 1 heterocycles. The summed E-state index contributed by atoms with van der Waals surface area (Å²) < 4.78 is 4.89. The van der Waals surface area contributed by atoms with E-state index in [4.69, 9.17) is 27.9 Å². The van der Waals surface area contributed by atoms with E-state index in [1.54, 1.807) is 30.2 Å². The van der Waals surface area contributed by atoms with Crippen LogP contribution in [0.2, 0.25) is 10.0 Å². The number of urea groups is 1. The Balaban J connectivity index is 1.74. The van der Waals surface area contributed by atoms with Crippen LogP contribution in [0.15, 0.2) is 18.2 Å². The first-order chi connectivity index (χ1) is 12.0. The molecule has 0 saturated carbocycles. The van der Waals surface area contributed by atoms with Gasteiger partial charge in [0.2, 0.25) is 5.91 Å². The molecule has 25 heavy (non-hydrogen) atoms. The summed E-state index contributed by atoms with van der Waals surface area (Å²) in [7, 11) is 1.59. The average Bonchev–Trinajstić information content (AvgIpc) is 2.59. The van der Waals surface area contributed by atoms with Crippen LogP contribution >= 0.6 is 23.2 Å². The summed E-state index contributed by atoms with van der Waals surface area (Å²) in [6.45, 7) is 3.72. The number of hydrogen-bond donors (Lipinski definition) is 2. The van der Waals surface area contributed by atoms with Crippen molar-refractivity contribution in [2.75, 3.05) is 58.3 Å². The summed E-state index contributed by atoms with van der Waals surface area (Å²) in [6, 6.07) is 4.76. The highest BCUT2D eigenvalue weighted by Gasteiger charge is 2.22. The lowest BCUT2D eigenvalue weighted by atomic mass is 10.3. The number of carbonyl (C=O) groups is 2. The number of halogens is 2. The number of hydrogen-bond acceptors (Lipinski definition) is 4. The highest BCUT2D eigenvalue weighted by Crippen LogP contribution is 2.25. The topological polar surface area (TPSA) is 73.9 Å². The third-order valence-electron chi connectivity index (χ3n) is 3.83. The van der Waals surface area contributed by atoms with Gasteiger partial charge in [0.15, 0.2) is 0 Å². The molecule has 3 amide bonds. The van der Waals surface area contributed by atoms with Crippen LogP contribution in [0.25, 0.3) is 0 Å². The Morgan fingerprint density at radius 3 is 2.52 bits per heavy atom. The number of carbonyl (C=O) groups excluding carboxylic acids is 2. The Bertz CT molecular complexity index is 607. The number of piperazine rings is 1. The molecule has 0 unspecified atom stereocenters. The van der Waals surface area contributed by atoms with E-state index in [-0.39, 0.29) is 11.9 Å². The number of ether oxygens (including phenoxy) is 1. The molecular formula is C16H22Cl2N4O3. The van der Waals surface area contributed by atoms with E-state index in [1.165, 1.54) is 0 Å². The minimum Gasteiger partial charge on any atom is -0.383 e. The third kappa shape index (κ3) is 6.36. The van der Waals surface area contributed by atoms with Crippen molar-refractivity contribution in [3.8, 4) is 0 Å². The Hall–Kier alpha value is -1.54. The summed E-state index contributed by atoms with van der Waals surface area (Å²) in [5.41, 5.74) is 0.597. The van der Waals surface area contributed by atoms with Gasteiger partial charge in [-0.05, 0) is 18.2 Å². The average molecular weight is 389 g/mol. The molecule has 1 aromatic carbocycles. The predicted octanol–water partition coefficient (Wildman–Crippen LogP) is 1.91. The lowest BCUT2D eigenvalue weighted by Gasteiger charge is -2.34. The zero-order chi connectivity index (χ0) is 18.2. The fourth-order valence-electron chi connectivity index (χ4n) is 2.44. The minimum atomic E-state index is -0.192. The van der Waals surface area contributed by atoms with Crippen LogP contribution in [0.3, 0.4) is 0 Å². The molecule has 1 aliphatic rings. The molecule has 0 aliphatic carbocycles. The second kappa shape index (κ2) is 9.82. The second-order valence-electron chi connectivity index (χ2n) is 5.66. The monoisotopic (exact) mass is 388 g/mol. The van der Waals surface area contributed by atoms with Crippen molar-refractivity contribution in [3.05, 3.63) is 28.2 Å². The molecule has 138 valence electrons. The first kappa shape index (κ1) is 19.8. The normalized spacial score (nSPS) is 15.1. The van der Waals surface area contributed by atoms with Crippen LogP contribution in [0.5, 0.6) is 0 Å². The Morgan fingerprint density at radius 1 is 1.16 bits per heavy atom. The molecule has 0 spiro atoms. The van der Waals surface area contributed by atoms with Crippen LogP contribution in [-0.2, 0) is 9.53 Å². The van der Waals surface area contributed by atoms with Crippen molar-refractivity contribution in [2.45, 2.75) is 0 Å². The molecular weight excluding hydrogens is 367 g/mol. The number of nitrogens with zero attached hydrogens (tertiary/aromatic N) is 2. The zero-order valence-corrected chi connectivity index (χ0v) is 15.6. The SMILES string of the molecule is COCCNC(=O)CN1CCN(C(=O)Nc2ccc(Cl)c(Cl)c2)CC1. The molecule has 7 nitrogen and oxygen atoms in total. The van der Waals surface area contributed by atoms with Crippen LogP contribution in [0.4, 0.5) is 10.5 Å². The Kier molecular flexibility index (Phi) is 7.77. The van der Waals surface area contributed by atoms with Crippen molar-refractivity contribution >= 4 is 40.8 Å². The van der Waals surface area contributed by atoms with Crippen molar-refractivity contribution in [3.63, 3.8) is 0 Å². The Labute approximate surface area is 157 Å². The number of nitrogens with one attached hydrogen (secondary N) is 2. The number of amides is 3. The summed E-state index contributed by atoms with van der Waals surface area (Å²) in [5.74, 6) is -0.0363. The molecule has 0 radical (unpaired) electrons. The highest BCUT2D eigenvalue weighted by molar-refractivity contribution is 6.42. The first-order valence-corrected chi connectivity index (χ1v) is 8.74. The van der Waals surface area contributed by atoms with Gasteiger partial charge in [0.25, 0.3) is 0 Å². The maximum Gasteiger partial charge on any atom is 0.321 e. The third-order valence-corrected chi connectivity index (χ3v) is 4.56. The van der Waals surface area contributed by atoms with E-state index in [9.17, 15) is 9.59 Å². The maximum atomic E-state index is 12.3. The van der Waals surface area contributed by atoms with Gasteiger partial charge in [0.1, 0.15) is 0 Å². The van der Waals surface area contributed by atoms with Crippen molar-refractivity contribution in [1.29, 1.82) is 0 Å². The van der Waals surface area contributed by atoms with Crippen molar-refractivity contribution in [2.24, 2.45) is 0 Å². The minimum absolute atomic E-state index is 0.0363. The summed E-state index contributed by atoms with van der Waals surface area (Å²) >= 11 is 11.8. The van der Waals surface area contributed by atoms with Crippen molar-refractivity contribution in [1.82, 2.24) is 15.1 Å². The van der Waals surface area contributed by atoms with Gasteiger partial charge in [-0.3, -0.25) is 9.69 Å². The van der Waals surface area contributed by atoms with Gasteiger partial charge in [0, 0.05) is 45.5 Å². The number of anilines is 1. The lowest BCUT2D eigenvalue weighted by Crippen LogP contribution is -2.52. The standard InChI is InChI=1S/C16H22Cl2N4O3/c1-25-9-4-19-15(23)11-21-5-7-22(8-6-21)16(24)20-12-2-3-13(17)14(18)10-12/h2-3,10H,4-9,11H2,1H3,(H,19,23)(H,20,24). The van der Waals surface area contributed by atoms with Gasteiger partial charge in [0.05, 0.1) is 23.2 Å². The molecule has 0 atom stereocenters. The largest absolute Gasteiger partial charge is 0.383 e. The molecule has 1 aromatic rings.